The van der Waals surface area contributed by atoms with Crippen molar-refractivity contribution < 1.29 is 0 Å². The van der Waals surface area contributed by atoms with Crippen LogP contribution in [-0.4, -0.2) is 10.8 Å². The van der Waals surface area contributed by atoms with Crippen molar-refractivity contribution in [2.75, 3.05) is 0 Å². The van der Waals surface area contributed by atoms with E-state index in [0.717, 1.165) is 10.9 Å². The predicted molar refractivity (Wildman–Crippen MR) is 80.2 cm³/mol. The average molecular weight is 245 g/mol. The van der Waals surface area contributed by atoms with Gasteiger partial charge in [0.1, 0.15) is 11.5 Å². The van der Waals surface area contributed by atoms with E-state index in [4.69, 9.17) is 11.1 Å². The van der Waals surface area contributed by atoms with Crippen molar-refractivity contribution in [2.45, 2.75) is 34.6 Å². The minimum absolute atomic E-state index is 0.00692. The second-order valence-corrected chi connectivity index (χ2v) is 3.31. The summed E-state index contributed by atoms with van der Waals surface area (Å²) in [4.78, 5) is 4.27. The van der Waals surface area contributed by atoms with Crippen LogP contribution in [0.3, 0.4) is 0 Å². The molecule has 0 saturated carbocycles. The van der Waals surface area contributed by atoms with E-state index in [9.17, 15) is 0 Å². The molecule has 0 saturated heterocycles. The molecule has 0 aliphatic carbocycles. The number of aryl methyl sites for hydroxylation is 1. The zero-order valence-corrected chi connectivity index (χ0v) is 11.9. The molecule has 3 N–H and O–H groups in total. The summed E-state index contributed by atoms with van der Waals surface area (Å²) in [6.07, 6.45) is 0. The molecule has 98 valence electrons. The SMILES string of the molecule is CC.CC.Cc1ccc2nc(C(=N)N)ccc2c1. The minimum atomic E-state index is 0.00692. The van der Waals surface area contributed by atoms with Crippen molar-refractivity contribution in [3.8, 4) is 0 Å². The van der Waals surface area contributed by atoms with Gasteiger partial charge < -0.3 is 5.73 Å². The van der Waals surface area contributed by atoms with Crippen LogP contribution in [0, 0.1) is 12.3 Å². The van der Waals surface area contributed by atoms with Crippen molar-refractivity contribution in [1.82, 2.24) is 4.98 Å². The van der Waals surface area contributed by atoms with Crippen LogP contribution in [0.2, 0.25) is 0 Å². The summed E-state index contributed by atoms with van der Waals surface area (Å²) < 4.78 is 0. The summed E-state index contributed by atoms with van der Waals surface area (Å²) in [7, 11) is 0. The highest BCUT2D eigenvalue weighted by Gasteiger charge is 2.00. The number of nitrogens with one attached hydrogen (secondary N) is 1. The quantitative estimate of drug-likeness (QED) is 0.591. The Morgan fingerprint density at radius 3 is 2.22 bits per heavy atom. The zero-order valence-electron chi connectivity index (χ0n) is 11.9. The Bertz CT molecular complexity index is 504. The number of pyridine rings is 1. The van der Waals surface area contributed by atoms with Crippen LogP contribution < -0.4 is 5.73 Å². The maximum Gasteiger partial charge on any atom is 0.141 e. The average Bonchev–Trinajstić information content (AvgIpc) is 2.42. The lowest BCUT2D eigenvalue weighted by molar-refractivity contribution is 1.30. The monoisotopic (exact) mass is 245 g/mol. The Morgan fingerprint density at radius 2 is 1.67 bits per heavy atom. The minimum Gasteiger partial charge on any atom is -0.382 e. The Labute approximate surface area is 110 Å². The second-order valence-electron chi connectivity index (χ2n) is 3.31. The van der Waals surface area contributed by atoms with Crippen molar-refractivity contribution in [3.05, 3.63) is 41.6 Å². The molecule has 0 spiro atoms. The highest BCUT2D eigenvalue weighted by molar-refractivity contribution is 5.95. The van der Waals surface area contributed by atoms with E-state index in [1.807, 2.05) is 52.8 Å². The number of rotatable bonds is 1. The summed E-state index contributed by atoms with van der Waals surface area (Å²) >= 11 is 0. The van der Waals surface area contributed by atoms with Crippen LogP contribution in [-0.2, 0) is 0 Å². The molecule has 0 unspecified atom stereocenters. The summed E-state index contributed by atoms with van der Waals surface area (Å²) in [5, 5.41) is 8.35. The van der Waals surface area contributed by atoms with Crippen LogP contribution in [0.15, 0.2) is 30.3 Å². The van der Waals surface area contributed by atoms with Gasteiger partial charge in [0.25, 0.3) is 0 Å². The predicted octanol–water partition coefficient (Wildman–Crippen LogP) is 3.88. The summed E-state index contributed by atoms with van der Waals surface area (Å²) in [6.45, 7) is 10.0. The molecule has 0 atom stereocenters. The Balaban J connectivity index is 0.000000659. The van der Waals surface area contributed by atoms with E-state index in [-0.39, 0.29) is 5.84 Å². The van der Waals surface area contributed by atoms with Crippen LogP contribution in [0.1, 0.15) is 39.0 Å². The first-order valence-electron chi connectivity index (χ1n) is 6.38. The Kier molecular flexibility index (Phi) is 7.36. The first kappa shape index (κ1) is 16.1. The number of benzene rings is 1. The summed E-state index contributed by atoms with van der Waals surface area (Å²) in [6, 6.07) is 9.71. The normalized spacial score (nSPS) is 8.72. The molecule has 3 heteroatoms. The van der Waals surface area contributed by atoms with Gasteiger partial charge in [-0.3, -0.25) is 5.41 Å². The van der Waals surface area contributed by atoms with Gasteiger partial charge in [0.2, 0.25) is 0 Å². The number of hydrogen-bond donors (Lipinski definition) is 2. The molecule has 1 aromatic heterocycles. The van der Waals surface area contributed by atoms with Gasteiger partial charge in [0.05, 0.1) is 5.52 Å². The molecule has 1 aromatic carbocycles. The number of amidine groups is 1. The van der Waals surface area contributed by atoms with Crippen molar-refractivity contribution in [2.24, 2.45) is 5.73 Å². The highest BCUT2D eigenvalue weighted by Crippen LogP contribution is 2.13. The molecule has 0 fully saturated rings. The van der Waals surface area contributed by atoms with Gasteiger partial charge in [-0.1, -0.05) is 45.4 Å². The third-order valence-corrected chi connectivity index (χ3v) is 2.12. The summed E-state index contributed by atoms with van der Waals surface area (Å²) in [5.74, 6) is 0.00692. The molecular weight excluding hydrogens is 222 g/mol. The molecule has 0 aliphatic heterocycles. The van der Waals surface area contributed by atoms with Gasteiger partial charge in [-0.25, -0.2) is 4.98 Å². The third-order valence-electron chi connectivity index (χ3n) is 2.12. The molecule has 3 nitrogen and oxygen atoms in total. The lowest BCUT2D eigenvalue weighted by atomic mass is 10.1. The van der Waals surface area contributed by atoms with E-state index in [2.05, 4.69) is 11.1 Å². The fourth-order valence-corrected chi connectivity index (χ4v) is 1.40. The lowest BCUT2D eigenvalue weighted by Gasteiger charge is -2.01. The molecule has 0 amide bonds. The lowest BCUT2D eigenvalue weighted by Crippen LogP contribution is -2.12. The molecule has 0 bridgehead atoms. The highest BCUT2D eigenvalue weighted by atomic mass is 14.8. The second kappa shape index (κ2) is 8.23. The maximum absolute atomic E-state index is 7.27. The van der Waals surface area contributed by atoms with Gasteiger partial charge >= 0.3 is 0 Å². The fraction of sp³-hybridized carbons (Fsp3) is 0.333. The van der Waals surface area contributed by atoms with Crippen molar-refractivity contribution in [1.29, 1.82) is 5.41 Å². The van der Waals surface area contributed by atoms with Gasteiger partial charge in [0, 0.05) is 5.39 Å². The molecule has 1 heterocycles. The summed E-state index contributed by atoms with van der Waals surface area (Å²) in [5.41, 5.74) is 7.97. The number of aromatic nitrogens is 1. The fourth-order valence-electron chi connectivity index (χ4n) is 1.40. The van der Waals surface area contributed by atoms with E-state index < -0.39 is 0 Å². The number of fused-ring (bicyclic) bond motifs is 1. The van der Waals surface area contributed by atoms with Crippen molar-refractivity contribution in [3.63, 3.8) is 0 Å². The molecule has 0 radical (unpaired) electrons. The van der Waals surface area contributed by atoms with Crippen molar-refractivity contribution >= 4 is 16.7 Å². The number of nitrogens with zero attached hydrogens (tertiary/aromatic N) is 1. The third kappa shape index (κ3) is 4.17. The van der Waals surface area contributed by atoms with Crippen LogP contribution in [0.5, 0.6) is 0 Å². The van der Waals surface area contributed by atoms with E-state index in [1.54, 1.807) is 6.07 Å². The number of hydrogen-bond acceptors (Lipinski definition) is 2. The van der Waals surface area contributed by atoms with Crippen LogP contribution in [0.25, 0.3) is 10.9 Å². The van der Waals surface area contributed by atoms with Gasteiger partial charge in [-0.05, 0) is 25.1 Å². The standard InChI is InChI=1S/C11H11N3.2C2H6/c1-7-2-4-9-8(6-7)3-5-10(14-9)11(12)13;2*1-2/h2-6H,1H3,(H3,12,13);2*1-2H3. The number of nitrogens with two attached hydrogens (primary N) is 1. The van der Waals surface area contributed by atoms with Gasteiger partial charge in [-0.2, -0.15) is 0 Å². The maximum atomic E-state index is 7.27. The topological polar surface area (TPSA) is 62.8 Å². The largest absolute Gasteiger partial charge is 0.382 e. The van der Waals surface area contributed by atoms with Crippen LogP contribution in [0.4, 0.5) is 0 Å². The van der Waals surface area contributed by atoms with E-state index in [1.165, 1.54) is 5.56 Å². The molecular formula is C15H23N3. The Morgan fingerprint density at radius 1 is 1.06 bits per heavy atom. The smallest absolute Gasteiger partial charge is 0.141 e. The number of nitrogen functional groups attached to an aromatic ring is 1. The molecule has 18 heavy (non-hydrogen) atoms. The Hall–Kier alpha value is -1.90. The first-order valence-corrected chi connectivity index (χ1v) is 6.38. The van der Waals surface area contributed by atoms with Gasteiger partial charge in [0.15, 0.2) is 0 Å². The molecule has 0 aliphatic rings. The van der Waals surface area contributed by atoms with E-state index in [0.29, 0.717) is 5.69 Å². The van der Waals surface area contributed by atoms with Gasteiger partial charge in [-0.15, -0.1) is 0 Å². The zero-order chi connectivity index (χ0) is 14.1. The molecule has 2 rings (SSSR count). The van der Waals surface area contributed by atoms with E-state index >= 15 is 0 Å². The molecule has 2 aromatic rings. The first-order chi connectivity index (χ1) is 8.66. The van der Waals surface area contributed by atoms with Crippen LogP contribution >= 0.6 is 0 Å².